The van der Waals surface area contributed by atoms with Crippen molar-refractivity contribution < 1.29 is 17.6 Å². The van der Waals surface area contributed by atoms with Gasteiger partial charge < -0.3 is 5.32 Å². The molecule has 1 nitrogen and oxygen atoms in total. The molecule has 0 unspecified atom stereocenters. The predicted molar refractivity (Wildman–Crippen MR) is 63.3 cm³/mol. The molecule has 0 aromatic heterocycles. The second-order valence-electron chi connectivity index (χ2n) is 4.04. The summed E-state index contributed by atoms with van der Waals surface area (Å²) < 4.78 is 52.6. The molecular formula is C14H11F4N. The third-order valence-corrected chi connectivity index (χ3v) is 2.69. The minimum absolute atomic E-state index is 0.0554. The number of benzene rings is 2. The van der Waals surface area contributed by atoms with Gasteiger partial charge in [-0.2, -0.15) is 0 Å². The lowest BCUT2D eigenvalue weighted by Gasteiger charge is -2.08. The quantitative estimate of drug-likeness (QED) is 0.837. The van der Waals surface area contributed by atoms with Crippen LogP contribution in [0.5, 0.6) is 0 Å². The highest BCUT2D eigenvalue weighted by atomic mass is 19.1. The minimum Gasteiger partial charge on any atom is -0.308 e. The molecule has 0 spiro atoms. The standard InChI is InChI=1S/C14H11F4N/c15-10-5-4-9(14(18)6-10)7-19-8-11-12(16)2-1-3-13(11)17/h1-6,19H,7-8H2. The fraction of sp³-hybridized carbons (Fsp3) is 0.143. The van der Waals surface area contributed by atoms with Crippen LogP contribution in [-0.4, -0.2) is 0 Å². The van der Waals surface area contributed by atoms with Gasteiger partial charge in [-0.15, -0.1) is 0 Å². The Morgan fingerprint density at radius 3 is 2.11 bits per heavy atom. The molecule has 5 heteroatoms. The lowest BCUT2D eigenvalue weighted by molar-refractivity contribution is 0.527. The van der Waals surface area contributed by atoms with E-state index in [0.717, 1.165) is 24.3 Å². The number of hydrogen-bond acceptors (Lipinski definition) is 1. The molecule has 2 rings (SSSR count). The van der Waals surface area contributed by atoms with Crippen LogP contribution in [0.15, 0.2) is 36.4 Å². The van der Waals surface area contributed by atoms with Crippen molar-refractivity contribution >= 4 is 0 Å². The Hall–Kier alpha value is -1.88. The highest BCUT2D eigenvalue weighted by Crippen LogP contribution is 2.13. The zero-order valence-corrected chi connectivity index (χ0v) is 9.89. The third kappa shape index (κ3) is 3.32. The topological polar surface area (TPSA) is 12.0 Å². The van der Waals surface area contributed by atoms with Gasteiger partial charge >= 0.3 is 0 Å². The van der Waals surface area contributed by atoms with Gasteiger partial charge in [0.25, 0.3) is 0 Å². The molecule has 1 N–H and O–H groups in total. The minimum atomic E-state index is -0.693. The predicted octanol–water partition coefficient (Wildman–Crippen LogP) is 3.53. The van der Waals surface area contributed by atoms with E-state index in [2.05, 4.69) is 5.32 Å². The van der Waals surface area contributed by atoms with Gasteiger partial charge in [-0.25, -0.2) is 17.6 Å². The van der Waals surface area contributed by atoms with Crippen molar-refractivity contribution in [2.45, 2.75) is 13.1 Å². The normalized spacial score (nSPS) is 10.7. The lowest BCUT2D eigenvalue weighted by atomic mass is 10.1. The van der Waals surface area contributed by atoms with Crippen LogP contribution in [0.1, 0.15) is 11.1 Å². The van der Waals surface area contributed by atoms with E-state index < -0.39 is 23.3 Å². The van der Waals surface area contributed by atoms with E-state index in [4.69, 9.17) is 0 Å². The summed E-state index contributed by atoms with van der Waals surface area (Å²) in [5.74, 6) is -2.68. The molecule has 0 bridgehead atoms. The lowest BCUT2D eigenvalue weighted by Crippen LogP contribution is -2.16. The van der Waals surface area contributed by atoms with Crippen molar-refractivity contribution in [3.8, 4) is 0 Å². The first kappa shape index (κ1) is 13.5. The first-order valence-corrected chi connectivity index (χ1v) is 5.65. The van der Waals surface area contributed by atoms with Crippen LogP contribution in [0.25, 0.3) is 0 Å². The second-order valence-corrected chi connectivity index (χ2v) is 4.04. The molecule has 0 fully saturated rings. The van der Waals surface area contributed by atoms with Crippen LogP contribution in [0.3, 0.4) is 0 Å². The average molecular weight is 269 g/mol. The van der Waals surface area contributed by atoms with Crippen molar-refractivity contribution in [2.75, 3.05) is 0 Å². The maximum absolute atomic E-state index is 13.3. The molecular weight excluding hydrogens is 258 g/mol. The third-order valence-electron chi connectivity index (χ3n) is 2.69. The van der Waals surface area contributed by atoms with Crippen LogP contribution in [0.2, 0.25) is 0 Å². The summed E-state index contributed by atoms with van der Waals surface area (Å²) in [6.45, 7) is -0.0186. The first-order chi connectivity index (χ1) is 9.08. The van der Waals surface area contributed by atoms with Gasteiger partial charge in [0, 0.05) is 30.3 Å². The van der Waals surface area contributed by atoms with Gasteiger partial charge in [-0.1, -0.05) is 12.1 Å². The Balaban J connectivity index is 2.00. The largest absolute Gasteiger partial charge is 0.308 e. The van der Waals surface area contributed by atoms with E-state index in [1.54, 1.807) is 0 Å². The Morgan fingerprint density at radius 2 is 1.47 bits per heavy atom. The number of hydrogen-bond donors (Lipinski definition) is 1. The van der Waals surface area contributed by atoms with Gasteiger partial charge in [0.15, 0.2) is 0 Å². The summed E-state index contributed by atoms with van der Waals surface area (Å²) in [7, 11) is 0. The first-order valence-electron chi connectivity index (χ1n) is 5.65. The van der Waals surface area contributed by atoms with Gasteiger partial charge in [-0.05, 0) is 18.2 Å². The molecule has 0 amide bonds. The van der Waals surface area contributed by atoms with Gasteiger partial charge in [-0.3, -0.25) is 0 Å². The van der Waals surface area contributed by atoms with E-state index in [0.29, 0.717) is 0 Å². The Labute approximate surface area is 107 Å². The molecule has 0 heterocycles. The summed E-state index contributed by atoms with van der Waals surface area (Å²) in [5, 5.41) is 2.72. The maximum atomic E-state index is 13.3. The van der Waals surface area contributed by atoms with Crippen molar-refractivity contribution in [3.63, 3.8) is 0 Å². The highest BCUT2D eigenvalue weighted by molar-refractivity contribution is 5.21. The van der Waals surface area contributed by atoms with Gasteiger partial charge in [0.05, 0.1) is 0 Å². The summed E-state index contributed by atoms with van der Waals surface area (Å²) in [6.07, 6.45) is 0. The number of nitrogens with one attached hydrogen (secondary N) is 1. The Morgan fingerprint density at radius 1 is 0.789 bits per heavy atom. The molecule has 2 aromatic rings. The summed E-state index contributed by atoms with van der Waals surface area (Å²) >= 11 is 0. The fourth-order valence-electron chi connectivity index (χ4n) is 1.69. The SMILES string of the molecule is Fc1ccc(CNCc2c(F)cccc2F)c(F)c1. The van der Waals surface area contributed by atoms with Crippen LogP contribution >= 0.6 is 0 Å². The fourth-order valence-corrected chi connectivity index (χ4v) is 1.69. The number of halogens is 4. The summed E-state index contributed by atoms with van der Waals surface area (Å²) in [6, 6.07) is 6.75. The van der Waals surface area contributed by atoms with E-state index in [1.165, 1.54) is 12.1 Å². The monoisotopic (exact) mass is 269 g/mol. The summed E-state index contributed by atoms with van der Waals surface area (Å²) in [4.78, 5) is 0. The second kappa shape index (κ2) is 5.84. The van der Waals surface area contributed by atoms with Crippen molar-refractivity contribution in [2.24, 2.45) is 0 Å². The molecule has 100 valence electrons. The highest BCUT2D eigenvalue weighted by Gasteiger charge is 2.08. The molecule has 0 aliphatic rings. The average Bonchev–Trinajstić information content (AvgIpc) is 2.35. The zero-order valence-electron chi connectivity index (χ0n) is 9.89. The van der Waals surface area contributed by atoms with Gasteiger partial charge in [0.2, 0.25) is 0 Å². The smallest absolute Gasteiger partial charge is 0.130 e. The van der Waals surface area contributed by atoms with E-state index in [-0.39, 0.29) is 24.2 Å². The van der Waals surface area contributed by atoms with Crippen LogP contribution in [0.4, 0.5) is 17.6 Å². The summed E-state index contributed by atoms with van der Waals surface area (Å²) in [5.41, 5.74) is 0.128. The van der Waals surface area contributed by atoms with Gasteiger partial charge in [0.1, 0.15) is 23.3 Å². The molecule has 0 atom stereocenters. The van der Waals surface area contributed by atoms with Crippen LogP contribution < -0.4 is 5.32 Å². The van der Waals surface area contributed by atoms with Crippen LogP contribution in [0, 0.1) is 23.3 Å². The van der Waals surface area contributed by atoms with Crippen molar-refractivity contribution in [1.29, 1.82) is 0 Å². The van der Waals surface area contributed by atoms with Crippen molar-refractivity contribution in [1.82, 2.24) is 5.32 Å². The molecule has 0 aliphatic carbocycles. The van der Waals surface area contributed by atoms with E-state index in [9.17, 15) is 17.6 Å². The van der Waals surface area contributed by atoms with E-state index in [1.807, 2.05) is 0 Å². The zero-order chi connectivity index (χ0) is 13.8. The Kier molecular flexibility index (Phi) is 4.16. The molecule has 0 saturated heterocycles. The maximum Gasteiger partial charge on any atom is 0.130 e. The van der Waals surface area contributed by atoms with Crippen LogP contribution in [-0.2, 0) is 13.1 Å². The Bertz CT molecular complexity index is 563. The molecule has 0 radical (unpaired) electrons. The van der Waals surface area contributed by atoms with Crippen molar-refractivity contribution in [3.05, 3.63) is 70.8 Å². The number of rotatable bonds is 4. The van der Waals surface area contributed by atoms with E-state index >= 15 is 0 Å². The molecule has 0 aliphatic heterocycles. The molecule has 19 heavy (non-hydrogen) atoms. The molecule has 0 saturated carbocycles. The molecule has 2 aromatic carbocycles.